The fourth-order valence-corrected chi connectivity index (χ4v) is 3.24. The summed E-state index contributed by atoms with van der Waals surface area (Å²) in [4.78, 5) is 17.5. The number of hydrogen-bond donors (Lipinski definition) is 2. The first-order valence-electron chi connectivity index (χ1n) is 6.00. The Morgan fingerprint density at radius 3 is 2.95 bits per heavy atom. The van der Waals surface area contributed by atoms with Crippen molar-refractivity contribution >= 4 is 29.2 Å². The average Bonchev–Trinajstić information content (AvgIpc) is 2.85. The lowest BCUT2D eigenvalue weighted by Gasteiger charge is -2.10. The molecule has 4 nitrogen and oxygen atoms in total. The van der Waals surface area contributed by atoms with E-state index in [-0.39, 0.29) is 11.2 Å². The summed E-state index contributed by atoms with van der Waals surface area (Å²) in [6.45, 7) is 0. The van der Waals surface area contributed by atoms with Gasteiger partial charge in [0.2, 0.25) is 5.91 Å². The predicted octanol–water partition coefficient (Wildman–Crippen LogP) is 2.32. The Labute approximate surface area is 115 Å². The number of amides is 1. The van der Waals surface area contributed by atoms with E-state index in [9.17, 15) is 4.79 Å². The minimum Gasteiger partial charge on any atom is -0.396 e. The third-order valence-corrected chi connectivity index (χ3v) is 4.34. The van der Waals surface area contributed by atoms with Crippen molar-refractivity contribution in [2.75, 3.05) is 11.1 Å². The number of benzene rings is 1. The molecule has 1 aromatic carbocycles. The zero-order valence-corrected chi connectivity index (χ0v) is 11.0. The van der Waals surface area contributed by atoms with Crippen molar-refractivity contribution < 1.29 is 4.79 Å². The molecule has 0 saturated heterocycles. The number of carbonyl (C=O) groups excluding carboxylic acids is 1. The molecular weight excluding hydrogens is 258 g/mol. The van der Waals surface area contributed by atoms with E-state index in [0.717, 1.165) is 6.42 Å². The Morgan fingerprint density at radius 2 is 2.16 bits per heavy atom. The number of rotatable bonds is 2. The van der Waals surface area contributed by atoms with E-state index in [1.54, 1.807) is 30.1 Å². The van der Waals surface area contributed by atoms with Crippen LogP contribution < -0.4 is 11.1 Å². The smallest absolute Gasteiger partial charge is 0.239 e. The van der Waals surface area contributed by atoms with E-state index in [2.05, 4.69) is 16.4 Å². The first-order valence-corrected chi connectivity index (χ1v) is 6.88. The van der Waals surface area contributed by atoms with Crippen molar-refractivity contribution in [1.82, 2.24) is 4.98 Å². The van der Waals surface area contributed by atoms with Gasteiger partial charge in [-0.1, -0.05) is 18.2 Å². The Bertz CT molecular complexity index is 605. The number of nitrogens with zero attached hydrogens (tertiary/aromatic N) is 1. The molecule has 0 saturated carbocycles. The molecule has 19 heavy (non-hydrogen) atoms. The normalized spacial score (nSPS) is 16.9. The number of nitrogen functional groups attached to an aromatic ring is 1. The fraction of sp³-hybridized carbons (Fsp3) is 0.143. The van der Waals surface area contributed by atoms with Gasteiger partial charge < -0.3 is 11.1 Å². The molecule has 96 valence electrons. The van der Waals surface area contributed by atoms with E-state index in [4.69, 9.17) is 5.73 Å². The maximum absolute atomic E-state index is 12.2. The maximum atomic E-state index is 12.2. The van der Waals surface area contributed by atoms with Gasteiger partial charge in [-0.3, -0.25) is 4.79 Å². The van der Waals surface area contributed by atoms with Gasteiger partial charge in [-0.15, -0.1) is 11.8 Å². The summed E-state index contributed by atoms with van der Waals surface area (Å²) >= 11 is 1.59. The van der Waals surface area contributed by atoms with E-state index in [1.165, 1.54) is 10.5 Å². The van der Waals surface area contributed by atoms with Crippen LogP contribution in [-0.2, 0) is 11.2 Å². The lowest BCUT2D eigenvalue weighted by atomic mass is 10.1. The van der Waals surface area contributed by atoms with Crippen molar-refractivity contribution in [2.45, 2.75) is 16.6 Å². The summed E-state index contributed by atoms with van der Waals surface area (Å²) < 4.78 is 0. The minimum atomic E-state index is -0.112. The topological polar surface area (TPSA) is 68.0 Å². The predicted molar refractivity (Wildman–Crippen MR) is 77.1 cm³/mol. The number of anilines is 2. The fourth-order valence-electron chi connectivity index (χ4n) is 2.05. The number of carbonyl (C=O) groups is 1. The zero-order chi connectivity index (χ0) is 13.2. The largest absolute Gasteiger partial charge is 0.396 e. The molecule has 3 N–H and O–H groups in total. The van der Waals surface area contributed by atoms with Gasteiger partial charge in [-0.25, -0.2) is 4.98 Å². The Kier molecular flexibility index (Phi) is 3.13. The first-order chi connectivity index (χ1) is 9.24. The summed E-state index contributed by atoms with van der Waals surface area (Å²) in [5, 5.41) is 2.68. The third-order valence-electron chi connectivity index (χ3n) is 3.02. The molecule has 1 aromatic heterocycles. The lowest BCUT2D eigenvalue weighted by Crippen LogP contribution is -2.25. The molecule has 0 fully saturated rings. The molecule has 2 heterocycles. The van der Waals surface area contributed by atoms with Crippen molar-refractivity contribution in [1.29, 1.82) is 0 Å². The number of hydrogen-bond acceptors (Lipinski definition) is 4. The summed E-state index contributed by atoms with van der Waals surface area (Å²) in [5.74, 6) is 0.385. The van der Waals surface area contributed by atoms with Gasteiger partial charge in [0, 0.05) is 11.1 Å². The standard InChI is InChI=1S/C14H13N3OS/c15-10-5-3-7-16-13(10)17-14(18)12-8-9-4-1-2-6-11(9)19-12/h1-7,12H,8,15H2,(H,16,17,18). The van der Waals surface area contributed by atoms with Crippen LogP contribution in [0.4, 0.5) is 11.5 Å². The van der Waals surface area contributed by atoms with E-state index < -0.39 is 0 Å². The van der Waals surface area contributed by atoms with Crippen LogP contribution in [0.3, 0.4) is 0 Å². The highest BCUT2D eigenvalue weighted by molar-refractivity contribution is 8.01. The molecule has 0 aliphatic carbocycles. The van der Waals surface area contributed by atoms with E-state index >= 15 is 0 Å². The molecule has 2 aromatic rings. The minimum absolute atomic E-state index is 0.0494. The van der Waals surface area contributed by atoms with Crippen molar-refractivity contribution in [3.05, 3.63) is 48.2 Å². The second kappa shape index (κ2) is 4.93. The average molecular weight is 271 g/mol. The number of nitrogens with two attached hydrogens (primary N) is 1. The highest BCUT2D eigenvalue weighted by Crippen LogP contribution is 2.37. The SMILES string of the molecule is Nc1cccnc1NC(=O)C1Cc2ccccc2S1. The van der Waals surface area contributed by atoms with Crippen molar-refractivity contribution in [3.8, 4) is 0 Å². The number of aromatic nitrogens is 1. The van der Waals surface area contributed by atoms with Gasteiger partial charge in [0.05, 0.1) is 10.9 Å². The number of pyridine rings is 1. The Hall–Kier alpha value is -2.01. The lowest BCUT2D eigenvalue weighted by molar-refractivity contribution is -0.115. The van der Waals surface area contributed by atoms with Crippen LogP contribution in [-0.4, -0.2) is 16.1 Å². The third kappa shape index (κ3) is 2.42. The van der Waals surface area contributed by atoms with Gasteiger partial charge in [0.15, 0.2) is 5.82 Å². The Balaban J connectivity index is 1.72. The zero-order valence-electron chi connectivity index (χ0n) is 10.2. The second-order valence-electron chi connectivity index (χ2n) is 4.35. The summed E-state index contributed by atoms with van der Waals surface area (Å²) in [6.07, 6.45) is 2.36. The molecule has 5 heteroatoms. The monoisotopic (exact) mass is 271 g/mol. The van der Waals surface area contributed by atoms with Crippen LogP contribution in [0.5, 0.6) is 0 Å². The van der Waals surface area contributed by atoms with Crippen LogP contribution >= 0.6 is 11.8 Å². The number of nitrogens with one attached hydrogen (secondary N) is 1. The molecule has 3 rings (SSSR count). The molecule has 1 aliphatic rings. The van der Waals surface area contributed by atoms with Gasteiger partial charge in [0.1, 0.15) is 0 Å². The second-order valence-corrected chi connectivity index (χ2v) is 5.59. The molecule has 0 spiro atoms. The Morgan fingerprint density at radius 1 is 1.32 bits per heavy atom. The highest BCUT2D eigenvalue weighted by atomic mass is 32.2. The van der Waals surface area contributed by atoms with Gasteiger partial charge in [-0.2, -0.15) is 0 Å². The number of fused-ring (bicyclic) bond motifs is 1. The van der Waals surface area contributed by atoms with Crippen LogP contribution in [0.2, 0.25) is 0 Å². The van der Waals surface area contributed by atoms with Crippen LogP contribution in [0.1, 0.15) is 5.56 Å². The highest BCUT2D eigenvalue weighted by Gasteiger charge is 2.28. The summed E-state index contributed by atoms with van der Waals surface area (Å²) in [7, 11) is 0. The first kappa shape index (κ1) is 12.0. The van der Waals surface area contributed by atoms with Crippen molar-refractivity contribution in [3.63, 3.8) is 0 Å². The molecular formula is C14H13N3OS. The van der Waals surface area contributed by atoms with E-state index in [1.807, 2.05) is 18.2 Å². The molecule has 0 radical (unpaired) electrons. The number of thioether (sulfide) groups is 1. The molecule has 1 unspecified atom stereocenters. The molecule has 0 bridgehead atoms. The van der Waals surface area contributed by atoms with Crippen LogP contribution in [0.25, 0.3) is 0 Å². The summed E-state index contributed by atoms with van der Waals surface area (Å²) in [6, 6.07) is 11.6. The molecule has 1 amide bonds. The van der Waals surface area contributed by atoms with Crippen LogP contribution in [0, 0.1) is 0 Å². The van der Waals surface area contributed by atoms with Crippen LogP contribution in [0.15, 0.2) is 47.5 Å². The van der Waals surface area contributed by atoms with Crippen molar-refractivity contribution in [2.24, 2.45) is 0 Å². The van der Waals surface area contributed by atoms with Gasteiger partial charge in [0.25, 0.3) is 0 Å². The molecule has 1 atom stereocenters. The van der Waals surface area contributed by atoms with E-state index in [0.29, 0.717) is 11.5 Å². The van der Waals surface area contributed by atoms with Gasteiger partial charge in [-0.05, 0) is 30.2 Å². The van der Waals surface area contributed by atoms with Gasteiger partial charge >= 0.3 is 0 Å². The maximum Gasteiger partial charge on any atom is 0.239 e. The quantitative estimate of drug-likeness (QED) is 0.879. The molecule has 1 aliphatic heterocycles. The summed E-state index contributed by atoms with van der Waals surface area (Å²) in [5.41, 5.74) is 7.47.